The van der Waals surface area contributed by atoms with Crippen molar-refractivity contribution in [3.63, 3.8) is 0 Å². The zero-order valence-corrected chi connectivity index (χ0v) is 10.8. The van der Waals surface area contributed by atoms with Crippen LogP contribution in [0.3, 0.4) is 0 Å². The van der Waals surface area contributed by atoms with Gasteiger partial charge in [-0.3, -0.25) is 9.69 Å². The first kappa shape index (κ1) is 15.8. The van der Waals surface area contributed by atoms with E-state index in [-0.39, 0.29) is 25.0 Å². The number of likely N-dealkylation sites (tertiary alicyclic amines) is 1. The molecule has 108 valence electrons. The normalized spacial score (nSPS) is 17.4. The Balaban J connectivity index is 2.08. The Labute approximate surface area is 111 Å². The number of hydrogen-bond donors (Lipinski definition) is 1. The molecule has 1 aliphatic rings. The van der Waals surface area contributed by atoms with Gasteiger partial charge in [0.2, 0.25) is 5.91 Å². The van der Waals surface area contributed by atoms with Crippen LogP contribution in [-0.2, 0) is 9.53 Å². The Kier molecular flexibility index (Phi) is 7.30. The molecule has 0 saturated carbocycles. The Morgan fingerprint density at radius 2 is 2.16 bits per heavy atom. The van der Waals surface area contributed by atoms with Crippen LogP contribution in [0.1, 0.15) is 19.3 Å². The highest BCUT2D eigenvalue weighted by atomic mass is 19.3. The van der Waals surface area contributed by atoms with Gasteiger partial charge in [-0.1, -0.05) is 0 Å². The maximum Gasteiger partial charge on any atom is 0.261 e. The summed E-state index contributed by atoms with van der Waals surface area (Å²) in [4.78, 5) is 13.6. The molecule has 0 radical (unpaired) electrons. The van der Waals surface area contributed by atoms with E-state index in [0.29, 0.717) is 6.54 Å². The van der Waals surface area contributed by atoms with E-state index in [1.807, 2.05) is 4.90 Å². The van der Waals surface area contributed by atoms with Gasteiger partial charge in [0.25, 0.3) is 6.43 Å². The van der Waals surface area contributed by atoms with E-state index in [0.717, 1.165) is 25.9 Å². The average molecular weight is 275 g/mol. The Hall–Kier alpha value is -1.26. The fraction of sp³-hybridized carbons (Fsp3) is 0.833. The summed E-state index contributed by atoms with van der Waals surface area (Å²) in [5.41, 5.74) is 0. The number of nitriles is 1. The van der Waals surface area contributed by atoms with Crippen LogP contribution >= 0.6 is 0 Å². The van der Waals surface area contributed by atoms with Crippen LogP contribution in [0.4, 0.5) is 8.78 Å². The third kappa shape index (κ3) is 7.03. The second-order valence-electron chi connectivity index (χ2n) is 4.49. The first-order valence-electron chi connectivity index (χ1n) is 6.36. The monoisotopic (exact) mass is 275 g/mol. The number of ether oxygens (including phenoxy) is 1. The zero-order chi connectivity index (χ0) is 14.1. The lowest BCUT2D eigenvalue weighted by Crippen LogP contribution is -2.44. The van der Waals surface area contributed by atoms with Gasteiger partial charge < -0.3 is 10.1 Å². The summed E-state index contributed by atoms with van der Waals surface area (Å²) in [6.45, 7) is 1.40. The van der Waals surface area contributed by atoms with Crippen LogP contribution in [0.15, 0.2) is 0 Å². The number of amides is 1. The van der Waals surface area contributed by atoms with E-state index >= 15 is 0 Å². The van der Waals surface area contributed by atoms with Crippen molar-refractivity contribution in [2.45, 2.75) is 31.7 Å². The molecule has 1 fully saturated rings. The van der Waals surface area contributed by atoms with Crippen molar-refractivity contribution in [1.82, 2.24) is 10.2 Å². The van der Waals surface area contributed by atoms with Crippen molar-refractivity contribution in [1.29, 1.82) is 5.26 Å². The van der Waals surface area contributed by atoms with Gasteiger partial charge in [-0.15, -0.1) is 0 Å². The lowest BCUT2D eigenvalue weighted by Gasteiger charge is -2.30. The Bertz CT molecular complexity index is 313. The maximum atomic E-state index is 11.8. The molecule has 19 heavy (non-hydrogen) atoms. The minimum Gasteiger partial charge on any atom is -0.375 e. The fourth-order valence-corrected chi connectivity index (χ4v) is 1.97. The molecule has 0 spiro atoms. The molecule has 0 aliphatic carbocycles. The number of piperidine rings is 1. The SMILES string of the molecule is N#CCN1CCC(NC(=O)CCOCC(F)F)CC1. The highest BCUT2D eigenvalue weighted by Gasteiger charge is 2.20. The molecular weight excluding hydrogens is 256 g/mol. The van der Waals surface area contributed by atoms with E-state index in [1.165, 1.54) is 0 Å². The summed E-state index contributed by atoms with van der Waals surface area (Å²) in [5.74, 6) is -0.173. The molecule has 0 bridgehead atoms. The molecule has 0 aromatic rings. The minimum absolute atomic E-state index is 0.0173. The Morgan fingerprint density at radius 1 is 1.47 bits per heavy atom. The molecule has 1 N–H and O–H groups in total. The molecule has 1 heterocycles. The predicted molar refractivity (Wildman–Crippen MR) is 64.7 cm³/mol. The van der Waals surface area contributed by atoms with Crippen molar-refractivity contribution in [3.8, 4) is 6.07 Å². The van der Waals surface area contributed by atoms with E-state index in [2.05, 4.69) is 16.1 Å². The summed E-state index contributed by atoms with van der Waals surface area (Å²) in [6.07, 6.45) is -0.769. The van der Waals surface area contributed by atoms with Crippen LogP contribution < -0.4 is 5.32 Å². The van der Waals surface area contributed by atoms with E-state index in [4.69, 9.17) is 5.26 Å². The molecular formula is C12H19F2N3O2. The van der Waals surface area contributed by atoms with E-state index in [9.17, 15) is 13.6 Å². The van der Waals surface area contributed by atoms with E-state index in [1.54, 1.807) is 0 Å². The lowest BCUT2D eigenvalue weighted by molar-refractivity contribution is -0.123. The van der Waals surface area contributed by atoms with Gasteiger partial charge in [-0.25, -0.2) is 8.78 Å². The summed E-state index contributed by atoms with van der Waals surface area (Å²) in [6, 6.07) is 2.21. The minimum atomic E-state index is -2.49. The second kappa shape index (κ2) is 8.77. The first-order chi connectivity index (χ1) is 9.11. The highest BCUT2D eigenvalue weighted by Crippen LogP contribution is 2.09. The van der Waals surface area contributed by atoms with E-state index < -0.39 is 13.0 Å². The summed E-state index contributed by atoms with van der Waals surface area (Å²) < 4.78 is 28.2. The van der Waals surface area contributed by atoms with Crippen molar-refractivity contribution >= 4 is 5.91 Å². The molecule has 5 nitrogen and oxygen atoms in total. The van der Waals surface area contributed by atoms with Crippen LogP contribution in [0.2, 0.25) is 0 Å². The van der Waals surface area contributed by atoms with Gasteiger partial charge in [-0.2, -0.15) is 5.26 Å². The molecule has 1 rings (SSSR count). The number of halogens is 2. The second-order valence-corrected chi connectivity index (χ2v) is 4.49. The molecule has 7 heteroatoms. The first-order valence-corrected chi connectivity index (χ1v) is 6.36. The van der Waals surface area contributed by atoms with Crippen molar-refractivity contribution < 1.29 is 18.3 Å². The summed E-state index contributed by atoms with van der Waals surface area (Å²) in [7, 11) is 0. The number of carbonyl (C=O) groups excluding carboxylic acids is 1. The highest BCUT2D eigenvalue weighted by molar-refractivity contribution is 5.76. The number of nitrogens with zero attached hydrogens (tertiary/aromatic N) is 2. The van der Waals surface area contributed by atoms with Crippen LogP contribution in [0.25, 0.3) is 0 Å². The largest absolute Gasteiger partial charge is 0.375 e. The number of rotatable bonds is 7. The van der Waals surface area contributed by atoms with Gasteiger partial charge in [-0.05, 0) is 12.8 Å². The molecule has 0 aromatic heterocycles. The number of nitrogens with one attached hydrogen (secondary N) is 1. The van der Waals surface area contributed by atoms with Gasteiger partial charge in [0.15, 0.2) is 0 Å². The quantitative estimate of drug-likeness (QED) is 0.550. The molecule has 1 saturated heterocycles. The number of carbonyl (C=O) groups is 1. The average Bonchev–Trinajstić information content (AvgIpc) is 2.37. The van der Waals surface area contributed by atoms with Gasteiger partial charge in [0.05, 0.1) is 19.2 Å². The third-order valence-corrected chi connectivity index (χ3v) is 2.96. The molecule has 1 aliphatic heterocycles. The summed E-state index contributed by atoms with van der Waals surface area (Å²) >= 11 is 0. The van der Waals surface area contributed by atoms with Crippen LogP contribution in [0, 0.1) is 11.3 Å². The maximum absolute atomic E-state index is 11.8. The third-order valence-electron chi connectivity index (χ3n) is 2.96. The zero-order valence-electron chi connectivity index (χ0n) is 10.8. The lowest BCUT2D eigenvalue weighted by atomic mass is 10.1. The Morgan fingerprint density at radius 3 is 2.74 bits per heavy atom. The van der Waals surface area contributed by atoms with Crippen LogP contribution in [-0.4, -0.2) is 56.1 Å². The van der Waals surface area contributed by atoms with Gasteiger partial charge >= 0.3 is 0 Å². The van der Waals surface area contributed by atoms with Crippen molar-refractivity contribution in [2.75, 3.05) is 32.8 Å². The number of alkyl halides is 2. The predicted octanol–water partition coefficient (Wildman–Crippen LogP) is 0.762. The smallest absolute Gasteiger partial charge is 0.261 e. The molecule has 0 aromatic carbocycles. The summed E-state index contributed by atoms with van der Waals surface area (Å²) in [5, 5.41) is 11.4. The van der Waals surface area contributed by atoms with Crippen LogP contribution in [0.5, 0.6) is 0 Å². The number of hydrogen-bond acceptors (Lipinski definition) is 4. The fourth-order valence-electron chi connectivity index (χ4n) is 1.97. The molecule has 1 amide bonds. The molecule has 0 unspecified atom stereocenters. The standard InChI is InChI=1S/C12H19F2N3O2/c13-11(14)9-19-8-3-12(18)16-10-1-5-17(6-2-10)7-4-15/h10-11H,1-3,5-9H2,(H,16,18). The molecule has 0 atom stereocenters. The van der Waals surface area contributed by atoms with Crippen molar-refractivity contribution in [3.05, 3.63) is 0 Å². The van der Waals surface area contributed by atoms with Gasteiger partial charge in [0, 0.05) is 25.6 Å². The van der Waals surface area contributed by atoms with Gasteiger partial charge in [0.1, 0.15) is 6.61 Å². The van der Waals surface area contributed by atoms with Crippen molar-refractivity contribution in [2.24, 2.45) is 0 Å². The topological polar surface area (TPSA) is 65.4 Å².